The number of unbranched alkanes of at least 4 members (excludes halogenated alkanes) is 2. The van der Waals surface area contributed by atoms with Crippen molar-refractivity contribution >= 4 is 75.2 Å². The summed E-state index contributed by atoms with van der Waals surface area (Å²) in [5.41, 5.74) is 3.81. The van der Waals surface area contributed by atoms with Crippen LogP contribution in [0.3, 0.4) is 0 Å². The van der Waals surface area contributed by atoms with E-state index in [9.17, 15) is 47.1 Å². The number of aliphatic imine (C=N–C) groups is 1. The first-order valence-electron chi connectivity index (χ1n) is 30.0. The molecule has 0 radical (unpaired) electrons. The van der Waals surface area contributed by atoms with Crippen LogP contribution in [0.4, 0.5) is 26.7 Å². The van der Waals surface area contributed by atoms with Gasteiger partial charge in [0, 0.05) is 67.7 Å². The molecule has 3 aromatic rings. The summed E-state index contributed by atoms with van der Waals surface area (Å²) in [6, 6.07) is 9.57. The number of aliphatic hydroxyl groups is 1. The molecule has 4 heterocycles. The van der Waals surface area contributed by atoms with Crippen LogP contribution in [0.15, 0.2) is 77.1 Å². The average Bonchev–Trinajstić information content (AvgIpc) is 1.61. The molecule has 6 N–H and O–H groups in total. The predicted molar refractivity (Wildman–Crippen MR) is 328 cm³/mol. The standard InChI is InChI=1S/C63H77N9O17S/c1-36(2)55(68-54(73)35-85-24-21-65-90(81,82)69-62(79)89-56-43-15-11-8-9-12-16-44(43)56)58(75)66-39(5)57(74)67-41-19-17-40(18-20-41)34-88-63(80)72-48-30-53(51(84-7)28-46(48)60(77)71-33-38(4)26-49(71)61(72)78)87-23-14-10-13-22-86-52-29-47-45(27-50(52)83-6)59(76)70-32-37(3)25-42(70)31-64-47/h17-20,27-33,36,39,42-44,49,55-56,61,65,78H,10-16,21-26,34-35H2,1-7H3,(H,66,75)(H,67,74)(H,68,73)(H,69,79)/t39-,42-,43-,44+,49-,55-,56-,61-/m0/s1. The molecular formula is C63H77N9O17S. The lowest BCUT2D eigenvalue weighted by molar-refractivity contribution is -0.133. The van der Waals surface area contributed by atoms with Gasteiger partial charge >= 0.3 is 22.4 Å². The summed E-state index contributed by atoms with van der Waals surface area (Å²) in [7, 11) is -1.34. The summed E-state index contributed by atoms with van der Waals surface area (Å²) in [5.74, 6) is 4.83. The molecular weight excluding hydrogens is 1190 g/mol. The van der Waals surface area contributed by atoms with E-state index in [0.717, 1.165) is 35.3 Å². The molecule has 1 fully saturated rings. The van der Waals surface area contributed by atoms with Crippen molar-refractivity contribution in [1.82, 2.24) is 29.9 Å². The summed E-state index contributed by atoms with van der Waals surface area (Å²) in [6.07, 6.45) is 7.22. The fourth-order valence-corrected chi connectivity index (χ4v) is 12.1. The number of nitrogens with one attached hydrogen (secondary N) is 5. The van der Waals surface area contributed by atoms with Gasteiger partial charge in [-0.1, -0.05) is 37.1 Å². The molecule has 8 atom stereocenters. The zero-order chi connectivity index (χ0) is 64.4. The molecule has 26 nitrogen and oxygen atoms in total. The van der Waals surface area contributed by atoms with Crippen LogP contribution in [-0.4, -0.2) is 155 Å². The molecule has 0 unspecified atom stereocenters. The van der Waals surface area contributed by atoms with Gasteiger partial charge in [0.1, 0.15) is 31.4 Å². The number of fused-ring (bicyclic) bond motifs is 5. The predicted octanol–water partition coefficient (Wildman–Crippen LogP) is 6.11. The molecule has 0 bridgehead atoms. The van der Waals surface area contributed by atoms with Crippen LogP contribution in [0, 0.1) is 29.6 Å². The topological polar surface area (TPSA) is 321 Å². The van der Waals surface area contributed by atoms with Crippen LogP contribution in [0.5, 0.6) is 23.0 Å². The first-order chi connectivity index (χ1) is 43.1. The number of amides is 7. The highest BCUT2D eigenvalue weighted by Gasteiger charge is 2.52. The van der Waals surface area contributed by atoms with Crippen LogP contribution in [0.1, 0.15) is 119 Å². The second-order valence-electron chi connectivity index (χ2n) is 23.2. The highest BCUT2D eigenvalue weighted by molar-refractivity contribution is 7.88. The Morgan fingerprint density at radius 1 is 0.767 bits per heavy atom. The van der Waals surface area contributed by atoms with Crippen molar-refractivity contribution in [3.05, 3.63) is 88.8 Å². The van der Waals surface area contributed by atoms with Crippen molar-refractivity contribution < 1.29 is 80.2 Å². The minimum Gasteiger partial charge on any atom is -0.493 e. The number of benzene rings is 3. The van der Waals surface area contributed by atoms with Crippen molar-refractivity contribution in [3.63, 3.8) is 0 Å². The molecule has 27 heteroatoms. The van der Waals surface area contributed by atoms with Gasteiger partial charge in [-0.15, -0.1) is 11.8 Å². The Morgan fingerprint density at radius 3 is 2.07 bits per heavy atom. The van der Waals surface area contributed by atoms with Gasteiger partial charge in [0.15, 0.2) is 29.2 Å². The minimum absolute atomic E-state index is 0.0463. The SMILES string of the molecule is COc1cc2c(cc1OCCCCCOc1cc3c(cc1OC)C(=O)N1C=C(C)C[C@H]1[C@H](O)N3C(=O)OCc1ccc(NC(=O)[C@H](C)NC(=O)[C@@H](NC(=O)COCCNS(=O)(=O)NC(=O)O[C@@H]3[C@@H]4CCC#CCC[C@@H]43)C(C)C)cc1)N=C[C@@H]1CC(C)=CN1C2=O. The molecule has 2 aliphatic carbocycles. The Morgan fingerprint density at radius 2 is 1.40 bits per heavy atom. The third-order valence-electron chi connectivity index (χ3n) is 16.2. The van der Waals surface area contributed by atoms with Crippen molar-refractivity contribution in [2.45, 2.75) is 136 Å². The summed E-state index contributed by atoms with van der Waals surface area (Å²) in [6.45, 7) is 7.89. The van der Waals surface area contributed by atoms with Crippen molar-refractivity contribution in [3.8, 4) is 34.8 Å². The molecule has 1 saturated carbocycles. The number of carbonyl (C=O) groups is 7. The molecule has 0 aromatic heterocycles. The number of rotatable bonds is 26. The number of hydrogen-bond donors (Lipinski definition) is 6. The van der Waals surface area contributed by atoms with Crippen LogP contribution >= 0.6 is 0 Å². The molecule has 0 saturated heterocycles. The van der Waals surface area contributed by atoms with Gasteiger partial charge in [-0.05, 0) is 101 Å². The van der Waals surface area contributed by atoms with E-state index in [1.54, 1.807) is 67.6 Å². The number of nitrogens with zero attached hydrogens (tertiary/aromatic N) is 4. The first kappa shape index (κ1) is 65.7. The van der Waals surface area contributed by atoms with Gasteiger partial charge < -0.3 is 64.0 Å². The fraction of sp³-hybridized carbons (Fsp3) is 0.492. The monoisotopic (exact) mass is 1260 g/mol. The third-order valence-corrected chi connectivity index (χ3v) is 17.2. The smallest absolute Gasteiger partial charge is 0.422 e. The van der Waals surface area contributed by atoms with E-state index in [-0.39, 0.29) is 85.4 Å². The highest BCUT2D eigenvalue weighted by atomic mass is 32.2. The maximum absolute atomic E-state index is 14.2. The van der Waals surface area contributed by atoms with Gasteiger partial charge in [0.05, 0.1) is 68.6 Å². The Balaban J connectivity index is 0.724. The van der Waals surface area contributed by atoms with E-state index in [1.807, 2.05) is 24.8 Å². The lowest BCUT2D eigenvalue weighted by Gasteiger charge is -2.31. The Hall–Kier alpha value is -8.71. The molecule has 6 aliphatic rings. The van der Waals surface area contributed by atoms with Gasteiger partial charge in [0.2, 0.25) is 17.7 Å². The summed E-state index contributed by atoms with van der Waals surface area (Å²) >= 11 is 0. The van der Waals surface area contributed by atoms with Crippen LogP contribution < -0.4 is 49.2 Å². The lowest BCUT2D eigenvalue weighted by Crippen LogP contribution is -2.54. The quantitative estimate of drug-likeness (QED) is 0.0390. The van der Waals surface area contributed by atoms with Crippen molar-refractivity contribution in [2.75, 3.05) is 57.4 Å². The fourth-order valence-electron chi connectivity index (χ4n) is 11.4. The number of carbonyl (C=O) groups excluding carboxylic acids is 7. The Bertz CT molecular complexity index is 3490. The van der Waals surface area contributed by atoms with Crippen LogP contribution in [0.25, 0.3) is 0 Å². The van der Waals surface area contributed by atoms with E-state index in [4.69, 9.17) is 33.2 Å². The normalized spacial score (nSPS) is 21.1. The number of anilines is 2. The molecule has 0 spiro atoms. The largest absolute Gasteiger partial charge is 0.493 e. The Labute approximate surface area is 522 Å². The summed E-state index contributed by atoms with van der Waals surface area (Å²) in [5, 5.41) is 19.8. The molecule has 4 aliphatic heterocycles. The summed E-state index contributed by atoms with van der Waals surface area (Å²) in [4.78, 5) is 102. The van der Waals surface area contributed by atoms with E-state index in [2.05, 4.69) is 37.5 Å². The molecule has 90 heavy (non-hydrogen) atoms. The van der Waals surface area contributed by atoms with E-state index >= 15 is 0 Å². The highest BCUT2D eigenvalue weighted by Crippen LogP contribution is 2.49. The number of aliphatic hydroxyl groups excluding tert-OH is 1. The first-order valence-corrected chi connectivity index (χ1v) is 31.5. The van der Waals surface area contributed by atoms with Crippen molar-refractivity contribution in [1.29, 1.82) is 0 Å². The Kier molecular flexibility index (Phi) is 21.4. The average molecular weight is 1260 g/mol. The second kappa shape index (κ2) is 29.3. The number of ether oxygens (including phenoxy) is 7. The van der Waals surface area contributed by atoms with Gasteiger partial charge in [0.25, 0.3) is 11.8 Å². The molecule has 7 amide bonds. The molecule has 3 aromatic carbocycles. The van der Waals surface area contributed by atoms with Gasteiger partial charge in [-0.3, -0.25) is 29.0 Å². The number of hydrogen-bond acceptors (Lipinski definition) is 18. The zero-order valence-electron chi connectivity index (χ0n) is 51.3. The second-order valence-corrected chi connectivity index (χ2v) is 24.7. The van der Waals surface area contributed by atoms with E-state index in [1.165, 1.54) is 38.2 Å². The van der Waals surface area contributed by atoms with Crippen molar-refractivity contribution in [2.24, 2.45) is 22.7 Å². The molecule has 9 rings (SSSR count). The minimum atomic E-state index is -4.28. The molecule has 482 valence electrons. The lowest BCUT2D eigenvalue weighted by atomic mass is 10.0. The maximum atomic E-state index is 14.2. The summed E-state index contributed by atoms with van der Waals surface area (Å²) < 4.78 is 68.9. The van der Waals surface area contributed by atoms with Crippen LogP contribution in [0.2, 0.25) is 0 Å². The maximum Gasteiger partial charge on any atom is 0.422 e. The third kappa shape index (κ3) is 16.0. The zero-order valence-corrected chi connectivity index (χ0v) is 52.1. The van der Waals surface area contributed by atoms with E-state index < -0.39 is 82.9 Å². The van der Waals surface area contributed by atoms with E-state index in [0.29, 0.717) is 72.7 Å². The van der Waals surface area contributed by atoms with Crippen LogP contribution in [-0.2, 0) is 45.4 Å². The van der Waals surface area contributed by atoms with Gasteiger partial charge in [-0.25, -0.2) is 19.2 Å². The van der Waals surface area contributed by atoms with Gasteiger partial charge in [-0.2, -0.15) is 13.1 Å². The number of methoxy groups -OCH3 is 2.